The van der Waals surface area contributed by atoms with Crippen LogP contribution < -0.4 is 10.5 Å². The van der Waals surface area contributed by atoms with E-state index in [2.05, 4.69) is 11.9 Å². The van der Waals surface area contributed by atoms with Crippen LogP contribution in [0.25, 0.3) is 0 Å². The smallest absolute Gasteiger partial charge is 0.163 e. The first kappa shape index (κ1) is 15.0. The zero-order valence-corrected chi connectivity index (χ0v) is 13.5. The van der Waals surface area contributed by atoms with Gasteiger partial charge in [0.15, 0.2) is 11.5 Å². The molecule has 3 N–H and O–H groups in total. The van der Waals surface area contributed by atoms with Gasteiger partial charge in [0.2, 0.25) is 0 Å². The van der Waals surface area contributed by atoms with Crippen molar-refractivity contribution in [1.82, 2.24) is 4.90 Å². The largest absolute Gasteiger partial charge is 0.504 e. The Morgan fingerprint density at radius 3 is 3.09 bits per heavy atom. The second-order valence-electron chi connectivity index (χ2n) is 7.28. The van der Waals surface area contributed by atoms with Gasteiger partial charge in [-0.1, -0.05) is 6.07 Å². The lowest BCUT2D eigenvalue weighted by Gasteiger charge is -2.58. The Balaban J connectivity index is 1.91. The molecule has 5 heteroatoms. The number of phenols is 1. The van der Waals surface area contributed by atoms with Gasteiger partial charge in [0, 0.05) is 29.9 Å². The summed E-state index contributed by atoms with van der Waals surface area (Å²) >= 11 is 0. The molecule has 1 aromatic rings. The van der Waals surface area contributed by atoms with E-state index in [1.54, 1.807) is 6.07 Å². The molecular formula is C18H24N2O3. The van der Waals surface area contributed by atoms with Crippen molar-refractivity contribution in [1.29, 1.82) is 0 Å². The number of rotatable bonds is 2. The van der Waals surface area contributed by atoms with Crippen molar-refractivity contribution in [3.8, 4) is 11.5 Å². The van der Waals surface area contributed by atoms with E-state index in [0.717, 1.165) is 36.9 Å². The lowest BCUT2D eigenvalue weighted by Crippen LogP contribution is -2.60. The van der Waals surface area contributed by atoms with Crippen molar-refractivity contribution < 1.29 is 14.6 Å². The zero-order chi connectivity index (χ0) is 16.2. The number of nitrogens with zero attached hydrogens (tertiary/aromatic N) is 1. The van der Waals surface area contributed by atoms with Crippen molar-refractivity contribution in [2.75, 3.05) is 20.3 Å². The summed E-state index contributed by atoms with van der Waals surface area (Å²) in [4.78, 5) is 14.7. The first-order valence-electron chi connectivity index (χ1n) is 8.47. The highest BCUT2D eigenvalue weighted by Crippen LogP contribution is 2.58. The molecule has 3 atom stereocenters. The predicted molar refractivity (Wildman–Crippen MR) is 86.6 cm³/mol. The fourth-order valence-corrected chi connectivity index (χ4v) is 5.32. The highest BCUT2D eigenvalue weighted by Gasteiger charge is 2.56. The third-order valence-corrected chi connectivity index (χ3v) is 6.29. The number of hydrogen-bond donors (Lipinski definition) is 2. The van der Waals surface area contributed by atoms with Gasteiger partial charge >= 0.3 is 0 Å². The number of ketones is 1. The van der Waals surface area contributed by atoms with Gasteiger partial charge in [0.25, 0.3) is 0 Å². The van der Waals surface area contributed by atoms with Gasteiger partial charge in [-0.3, -0.25) is 10.5 Å². The molecule has 1 aromatic carbocycles. The molecule has 0 unspecified atom stereocenters. The summed E-state index contributed by atoms with van der Waals surface area (Å²) in [6, 6.07) is 4.31. The first-order valence-corrected chi connectivity index (χ1v) is 8.47. The third kappa shape index (κ3) is 2.03. The van der Waals surface area contributed by atoms with E-state index < -0.39 is 0 Å². The number of hydrogen-bond acceptors (Lipinski definition) is 5. The molecule has 1 heterocycles. The second-order valence-corrected chi connectivity index (χ2v) is 7.28. The molecule has 5 nitrogen and oxygen atoms in total. The van der Waals surface area contributed by atoms with Crippen LogP contribution in [0.1, 0.15) is 36.8 Å². The molecular weight excluding hydrogens is 292 g/mol. The van der Waals surface area contributed by atoms with Crippen molar-refractivity contribution in [3.05, 3.63) is 23.3 Å². The Morgan fingerprint density at radius 1 is 1.48 bits per heavy atom. The highest BCUT2D eigenvalue weighted by atomic mass is 16.5. The van der Waals surface area contributed by atoms with E-state index in [0.29, 0.717) is 36.3 Å². The van der Waals surface area contributed by atoms with E-state index in [1.165, 1.54) is 0 Å². The average molecular weight is 316 g/mol. The molecule has 4 rings (SSSR count). The standard InChI is InChI=1S/C18H24N2O3/c1-20-7-6-18-9-12(21)3-4-13(18)14(20)8-11-2-5-15(23-10-19)17(22)16(11)18/h2,5,13-14,22H,3-4,6-10,19H2,1H3/t13-,14+,18-/m0/s1. The molecule has 124 valence electrons. The van der Waals surface area contributed by atoms with Crippen molar-refractivity contribution in [2.24, 2.45) is 11.7 Å². The molecule has 1 saturated heterocycles. The summed E-state index contributed by atoms with van der Waals surface area (Å²) in [5.74, 6) is 1.40. The highest BCUT2D eigenvalue weighted by molar-refractivity contribution is 5.82. The van der Waals surface area contributed by atoms with Crippen LogP contribution in [0.2, 0.25) is 0 Å². The Morgan fingerprint density at radius 2 is 2.30 bits per heavy atom. The number of Topliss-reactive ketones (excluding diaryl/α,β-unsaturated/α-hetero) is 1. The molecule has 0 radical (unpaired) electrons. The van der Waals surface area contributed by atoms with Crippen molar-refractivity contribution in [2.45, 2.75) is 43.6 Å². The summed E-state index contributed by atoms with van der Waals surface area (Å²) in [5, 5.41) is 10.9. The normalized spacial score (nSPS) is 33.0. The molecule has 2 aliphatic carbocycles. The maximum absolute atomic E-state index is 12.3. The maximum Gasteiger partial charge on any atom is 0.163 e. The minimum atomic E-state index is -0.224. The molecule has 0 aromatic heterocycles. The van der Waals surface area contributed by atoms with E-state index in [-0.39, 0.29) is 17.9 Å². The molecule has 3 aliphatic rings. The number of carbonyl (C=O) groups is 1. The minimum Gasteiger partial charge on any atom is -0.504 e. The number of phenolic OH excluding ortho intramolecular Hbond substituents is 1. The summed E-state index contributed by atoms with van der Waals surface area (Å²) in [7, 11) is 2.18. The number of benzene rings is 1. The number of nitrogens with two attached hydrogens (primary N) is 1. The zero-order valence-electron chi connectivity index (χ0n) is 13.5. The van der Waals surface area contributed by atoms with Crippen LogP contribution in [-0.4, -0.2) is 42.2 Å². The Bertz CT molecular complexity index is 660. The number of fused-ring (bicyclic) bond motifs is 1. The molecule has 2 fully saturated rings. The van der Waals surface area contributed by atoms with Gasteiger partial charge in [0.05, 0.1) is 0 Å². The summed E-state index contributed by atoms with van der Waals surface area (Å²) in [6.45, 7) is 1.00. The summed E-state index contributed by atoms with van der Waals surface area (Å²) < 4.78 is 5.40. The summed E-state index contributed by atoms with van der Waals surface area (Å²) in [6.07, 6.45) is 4.00. The number of likely N-dealkylation sites (N-methyl/N-ethyl adjacent to an activating group) is 1. The molecule has 2 bridgehead atoms. The van der Waals surface area contributed by atoms with E-state index in [1.807, 2.05) is 6.07 Å². The molecule has 1 aliphatic heterocycles. The number of piperidine rings is 1. The first-order chi connectivity index (χ1) is 11.1. The Labute approximate surface area is 136 Å². The van der Waals surface area contributed by atoms with Gasteiger partial charge in [-0.25, -0.2) is 0 Å². The van der Waals surface area contributed by atoms with Gasteiger partial charge < -0.3 is 14.7 Å². The maximum atomic E-state index is 12.3. The fourth-order valence-electron chi connectivity index (χ4n) is 5.32. The lowest BCUT2D eigenvalue weighted by atomic mass is 9.52. The van der Waals surface area contributed by atoms with Gasteiger partial charge in [-0.05, 0) is 50.4 Å². The van der Waals surface area contributed by atoms with E-state index in [4.69, 9.17) is 10.5 Å². The average Bonchev–Trinajstić information content (AvgIpc) is 2.53. The van der Waals surface area contributed by atoms with Crippen molar-refractivity contribution >= 4 is 5.78 Å². The van der Waals surface area contributed by atoms with Gasteiger partial charge in [-0.15, -0.1) is 0 Å². The van der Waals surface area contributed by atoms with Crippen LogP contribution in [0, 0.1) is 5.92 Å². The number of ether oxygens (including phenoxy) is 1. The Kier molecular flexibility index (Phi) is 3.39. The lowest BCUT2D eigenvalue weighted by molar-refractivity contribution is -0.126. The van der Waals surface area contributed by atoms with E-state index >= 15 is 0 Å². The van der Waals surface area contributed by atoms with Crippen LogP contribution >= 0.6 is 0 Å². The Hall–Kier alpha value is -1.59. The topological polar surface area (TPSA) is 75.8 Å². The van der Waals surface area contributed by atoms with Crippen LogP contribution in [0.4, 0.5) is 0 Å². The van der Waals surface area contributed by atoms with Crippen LogP contribution in [0.5, 0.6) is 11.5 Å². The molecule has 1 saturated carbocycles. The van der Waals surface area contributed by atoms with Crippen LogP contribution in [-0.2, 0) is 16.6 Å². The minimum absolute atomic E-state index is 0.0348. The monoisotopic (exact) mass is 316 g/mol. The third-order valence-electron chi connectivity index (χ3n) is 6.29. The number of aromatic hydroxyl groups is 1. The van der Waals surface area contributed by atoms with Crippen LogP contribution in [0.15, 0.2) is 12.1 Å². The van der Waals surface area contributed by atoms with E-state index in [9.17, 15) is 9.90 Å². The van der Waals surface area contributed by atoms with Crippen molar-refractivity contribution in [3.63, 3.8) is 0 Å². The van der Waals surface area contributed by atoms with Crippen LogP contribution in [0.3, 0.4) is 0 Å². The predicted octanol–water partition coefficient (Wildman–Crippen LogP) is 1.55. The molecule has 0 spiro atoms. The summed E-state index contributed by atoms with van der Waals surface area (Å²) in [5.41, 5.74) is 7.38. The molecule has 23 heavy (non-hydrogen) atoms. The number of likely N-dealkylation sites (tertiary alicyclic amines) is 1. The van der Waals surface area contributed by atoms with Gasteiger partial charge in [-0.2, -0.15) is 0 Å². The SMILES string of the molecule is CN1CC[C@]23CC(=O)CC[C@H]2[C@H]1Cc1ccc(OCN)c(O)c13. The quantitative estimate of drug-likeness (QED) is 0.810. The second kappa shape index (κ2) is 5.21. The number of carbonyl (C=O) groups excluding carboxylic acids is 1. The fraction of sp³-hybridized carbons (Fsp3) is 0.611. The van der Waals surface area contributed by atoms with Gasteiger partial charge in [0.1, 0.15) is 12.5 Å². The molecule has 0 amide bonds.